The van der Waals surface area contributed by atoms with Gasteiger partial charge in [0.1, 0.15) is 5.00 Å². The molecule has 0 saturated heterocycles. The minimum absolute atomic E-state index is 0.201. The van der Waals surface area contributed by atoms with Crippen molar-refractivity contribution in [2.45, 2.75) is 33.1 Å². The van der Waals surface area contributed by atoms with Crippen molar-refractivity contribution in [1.29, 1.82) is 0 Å². The zero-order chi connectivity index (χ0) is 17.1. The second-order valence-electron chi connectivity index (χ2n) is 6.10. The third-order valence-corrected chi connectivity index (χ3v) is 5.42. The van der Waals surface area contributed by atoms with Gasteiger partial charge in [0.05, 0.1) is 12.2 Å². The van der Waals surface area contributed by atoms with Gasteiger partial charge >= 0.3 is 5.97 Å². The molecule has 0 radical (unpaired) electrons. The number of benzene rings is 1. The van der Waals surface area contributed by atoms with Crippen LogP contribution in [0.3, 0.4) is 0 Å². The molecular formula is C19H21NO3S. The molecule has 4 nitrogen and oxygen atoms in total. The molecule has 1 aliphatic rings. The molecule has 2 aromatic rings. The number of ether oxygens (including phenoxy) is 1. The Kier molecular flexibility index (Phi) is 5.00. The lowest BCUT2D eigenvalue weighted by molar-refractivity contribution is 0.0526. The number of thiophene rings is 1. The summed E-state index contributed by atoms with van der Waals surface area (Å²) < 4.78 is 5.22. The molecule has 1 atom stereocenters. The van der Waals surface area contributed by atoms with Gasteiger partial charge < -0.3 is 10.1 Å². The number of nitrogens with one attached hydrogen (secondary N) is 1. The fraction of sp³-hybridized carbons (Fsp3) is 0.368. The molecule has 1 aromatic carbocycles. The molecule has 0 bridgehead atoms. The maximum absolute atomic E-state index is 12.5. The van der Waals surface area contributed by atoms with E-state index in [1.165, 1.54) is 16.2 Å². The van der Waals surface area contributed by atoms with Gasteiger partial charge in [-0.2, -0.15) is 0 Å². The first-order valence-corrected chi connectivity index (χ1v) is 9.09. The van der Waals surface area contributed by atoms with E-state index in [-0.39, 0.29) is 11.9 Å². The molecule has 1 amide bonds. The Bertz CT molecular complexity index is 751. The van der Waals surface area contributed by atoms with Gasteiger partial charge in [-0.3, -0.25) is 4.79 Å². The summed E-state index contributed by atoms with van der Waals surface area (Å²) in [6.45, 7) is 4.34. The monoisotopic (exact) mass is 343 g/mol. The molecule has 5 heteroatoms. The van der Waals surface area contributed by atoms with Gasteiger partial charge in [0.15, 0.2) is 0 Å². The van der Waals surface area contributed by atoms with Crippen LogP contribution in [0.2, 0.25) is 0 Å². The van der Waals surface area contributed by atoms with E-state index in [4.69, 9.17) is 4.74 Å². The van der Waals surface area contributed by atoms with Gasteiger partial charge in [0, 0.05) is 10.4 Å². The molecule has 1 heterocycles. The number of hydrogen-bond donors (Lipinski definition) is 1. The van der Waals surface area contributed by atoms with Crippen molar-refractivity contribution in [3.8, 4) is 0 Å². The Balaban J connectivity index is 1.94. The maximum atomic E-state index is 12.5. The van der Waals surface area contributed by atoms with Crippen LogP contribution in [0.1, 0.15) is 51.4 Å². The number of hydrogen-bond acceptors (Lipinski definition) is 4. The van der Waals surface area contributed by atoms with Crippen LogP contribution in [-0.4, -0.2) is 18.5 Å². The van der Waals surface area contributed by atoms with Crippen LogP contribution in [0, 0.1) is 5.92 Å². The summed E-state index contributed by atoms with van der Waals surface area (Å²) in [5.74, 6) is 0.0598. The van der Waals surface area contributed by atoms with Crippen LogP contribution in [0.4, 0.5) is 5.00 Å². The van der Waals surface area contributed by atoms with Crippen LogP contribution < -0.4 is 5.32 Å². The second-order valence-corrected chi connectivity index (χ2v) is 7.20. The summed E-state index contributed by atoms with van der Waals surface area (Å²) in [4.78, 5) is 26.1. The van der Waals surface area contributed by atoms with Crippen molar-refractivity contribution in [3.63, 3.8) is 0 Å². The van der Waals surface area contributed by atoms with Crippen LogP contribution in [0.15, 0.2) is 30.3 Å². The Hall–Kier alpha value is -2.14. The lowest BCUT2D eigenvalue weighted by Crippen LogP contribution is -2.16. The normalized spacial score (nSPS) is 16.3. The van der Waals surface area contributed by atoms with Gasteiger partial charge in [-0.25, -0.2) is 4.79 Å². The van der Waals surface area contributed by atoms with Crippen molar-refractivity contribution in [3.05, 3.63) is 51.9 Å². The number of amides is 1. The molecule has 0 spiro atoms. The Morgan fingerprint density at radius 1 is 1.29 bits per heavy atom. The van der Waals surface area contributed by atoms with Crippen LogP contribution in [0.25, 0.3) is 0 Å². The summed E-state index contributed by atoms with van der Waals surface area (Å²) in [5, 5.41) is 3.53. The summed E-state index contributed by atoms with van der Waals surface area (Å²) in [7, 11) is 0. The minimum atomic E-state index is -0.340. The lowest BCUT2D eigenvalue weighted by atomic mass is 9.88. The van der Waals surface area contributed by atoms with E-state index in [2.05, 4.69) is 12.2 Å². The molecule has 1 aromatic heterocycles. The number of rotatable bonds is 4. The Labute approximate surface area is 145 Å². The minimum Gasteiger partial charge on any atom is -0.462 e. The predicted molar refractivity (Wildman–Crippen MR) is 95.9 cm³/mol. The van der Waals surface area contributed by atoms with E-state index in [0.717, 1.165) is 24.8 Å². The van der Waals surface area contributed by atoms with Crippen molar-refractivity contribution in [1.82, 2.24) is 0 Å². The second kappa shape index (κ2) is 7.18. The zero-order valence-corrected chi connectivity index (χ0v) is 14.7. The molecule has 0 saturated carbocycles. The fourth-order valence-corrected chi connectivity index (χ4v) is 4.42. The SMILES string of the molecule is CCOC(=O)c1c(NC(=O)c2ccccc2)sc2c1CC[C@@H](C)C2. The van der Waals surface area contributed by atoms with Gasteiger partial charge in [-0.15, -0.1) is 11.3 Å². The molecule has 0 fully saturated rings. The third kappa shape index (κ3) is 3.36. The van der Waals surface area contributed by atoms with E-state index < -0.39 is 0 Å². The van der Waals surface area contributed by atoms with Gasteiger partial charge in [0.2, 0.25) is 0 Å². The average molecular weight is 343 g/mol. The maximum Gasteiger partial charge on any atom is 0.341 e. The topological polar surface area (TPSA) is 55.4 Å². The third-order valence-electron chi connectivity index (χ3n) is 4.25. The van der Waals surface area contributed by atoms with E-state index in [1.807, 2.05) is 18.2 Å². The van der Waals surface area contributed by atoms with Crippen molar-refractivity contribution in [2.24, 2.45) is 5.92 Å². The molecule has 1 N–H and O–H groups in total. The number of esters is 1. The number of carbonyl (C=O) groups excluding carboxylic acids is 2. The van der Waals surface area contributed by atoms with Crippen LogP contribution in [0.5, 0.6) is 0 Å². The average Bonchev–Trinajstić information content (AvgIpc) is 2.92. The van der Waals surface area contributed by atoms with Gasteiger partial charge in [0.25, 0.3) is 5.91 Å². The molecule has 126 valence electrons. The first-order chi connectivity index (χ1) is 11.6. The number of anilines is 1. The number of carbonyl (C=O) groups is 2. The van der Waals surface area contributed by atoms with E-state index in [9.17, 15) is 9.59 Å². The molecule has 1 aliphatic carbocycles. The largest absolute Gasteiger partial charge is 0.462 e. The first-order valence-electron chi connectivity index (χ1n) is 8.28. The Morgan fingerprint density at radius 2 is 2.04 bits per heavy atom. The highest BCUT2D eigenvalue weighted by Crippen LogP contribution is 2.40. The van der Waals surface area contributed by atoms with E-state index in [0.29, 0.717) is 28.7 Å². The predicted octanol–water partition coefficient (Wildman–Crippen LogP) is 4.30. The summed E-state index contributed by atoms with van der Waals surface area (Å²) in [6, 6.07) is 9.03. The van der Waals surface area contributed by atoms with Crippen molar-refractivity contribution < 1.29 is 14.3 Å². The summed E-state index contributed by atoms with van der Waals surface area (Å²) in [6.07, 6.45) is 2.87. The molecule has 0 aliphatic heterocycles. The summed E-state index contributed by atoms with van der Waals surface area (Å²) in [5.41, 5.74) is 2.18. The smallest absolute Gasteiger partial charge is 0.341 e. The Morgan fingerprint density at radius 3 is 2.75 bits per heavy atom. The first kappa shape index (κ1) is 16.7. The highest BCUT2D eigenvalue weighted by Gasteiger charge is 2.29. The zero-order valence-electron chi connectivity index (χ0n) is 13.9. The summed E-state index contributed by atoms with van der Waals surface area (Å²) >= 11 is 1.51. The van der Waals surface area contributed by atoms with Crippen molar-refractivity contribution >= 4 is 28.2 Å². The molecule has 24 heavy (non-hydrogen) atoms. The quantitative estimate of drug-likeness (QED) is 0.842. The van der Waals surface area contributed by atoms with Crippen molar-refractivity contribution in [2.75, 3.05) is 11.9 Å². The van der Waals surface area contributed by atoms with Crippen LogP contribution in [-0.2, 0) is 17.6 Å². The van der Waals surface area contributed by atoms with Gasteiger partial charge in [-0.1, -0.05) is 25.1 Å². The highest BCUT2D eigenvalue weighted by atomic mass is 32.1. The standard InChI is InChI=1S/C19H21NO3S/c1-3-23-19(22)16-14-10-9-12(2)11-15(14)24-18(16)20-17(21)13-7-5-4-6-8-13/h4-8,12H,3,9-11H2,1-2H3,(H,20,21)/t12-/m1/s1. The lowest BCUT2D eigenvalue weighted by Gasteiger charge is -2.18. The van der Waals surface area contributed by atoms with E-state index in [1.54, 1.807) is 19.1 Å². The molecule has 3 rings (SSSR count). The highest BCUT2D eigenvalue weighted by molar-refractivity contribution is 7.17. The van der Waals surface area contributed by atoms with Gasteiger partial charge in [-0.05, 0) is 49.8 Å². The molecule has 0 unspecified atom stereocenters. The fourth-order valence-electron chi connectivity index (χ4n) is 3.02. The van der Waals surface area contributed by atoms with Crippen LogP contribution >= 0.6 is 11.3 Å². The van der Waals surface area contributed by atoms with E-state index >= 15 is 0 Å². The number of fused-ring (bicyclic) bond motifs is 1. The molecular weight excluding hydrogens is 322 g/mol.